The number of hydrogen-bond acceptors (Lipinski definition) is 1. The van der Waals surface area contributed by atoms with Crippen molar-refractivity contribution in [1.82, 2.24) is 5.32 Å². The first-order valence-electron chi connectivity index (χ1n) is 7.19. The van der Waals surface area contributed by atoms with E-state index < -0.39 is 0 Å². The fourth-order valence-electron chi connectivity index (χ4n) is 3.08. The Bertz CT molecular complexity index is 371. The molecule has 1 fully saturated rings. The van der Waals surface area contributed by atoms with Crippen LogP contribution in [0.4, 0.5) is 4.39 Å². The van der Waals surface area contributed by atoms with Gasteiger partial charge >= 0.3 is 0 Å². The highest BCUT2D eigenvalue weighted by atomic mass is 19.1. The molecule has 2 unspecified atom stereocenters. The van der Waals surface area contributed by atoms with Crippen molar-refractivity contribution in [1.29, 1.82) is 0 Å². The van der Waals surface area contributed by atoms with Gasteiger partial charge in [-0.3, -0.25) is 0 Å². The lowest BCUT2D eigenvalue weighted by molar-refractivity contribution is 0.267. The number of halogens is 1. The molecule has 100 valence electrons. The van der Waals surface area contributed by atoms with Crippen LogP contribution in [0.3, 0.4) is 0 Å². The first-order valence-corrected chi connectivity index (χ1v) is 7.19. The van der Waals surface area contributed by atoms with E-state index in [1.165, 1.54) is 32.1 Å². The van der Waals surface area contributed by atoms with E-state index in [4.69, 9.17) is 0 Å². The molecule has 1 aromatic rings. The van der Waals surface area contributed by atoms with Crippen LogP contribution in [-0.2, 0) is 0 Å². The van der Waals surface area contributed by atoms with Crippen molar-refractivity contribution in [3.8, 4) is 0 Å². The fraction of sp³-hybridized carbons (Fsp3) is 0.625. The van der Waals surface area contributed by atoms with Crippen LogP contribution in [0.5, 0.6) is 0 Å². The van der Waals surface area contributed by atoms with Gasteiger partial charge in [0, 0.05) is 17.6 Å². The molecule has 0 heterocycles. The third kappa shape index (κ3) is 3.32. The minimum Gasteiger partial charge on any atom is -0.307 e. The zero-order valence-electron chi connectivity index (χ0n) is 11.5. The Morgan fingerprint density at radius 1 is 1.11 bits per heavy atom. The van der Waals surface area contributed by atoms with Crippen LogP contribution in [0.2, 0.25) is 0 Å². The Morgan fingerprint density at radius 2 is 1.78 bits per heavy atom. The molecule has 1 aliphatic carbocycles. The standard InChI is InChI=1S/C16H24FN/c1-12(14-8-4-3-5-9-14)18-13(2)15-10-6-7-11-16(15)17/h6-7,10-14,18H,3-5,8-9H2,1-2H3. The first kappa shape index (κ1) is 13.5. The molecule has 0 aliphatic heterocycles. The molecule has 0 aromatic heterocycles. The monoisotopic (exact) mass is 249 g/mol. The predicted octanol–water partition coefficient (Wildman–Crippen LogP) is 4.45. The summed E-state index contributed by atoms with van der Waals surface area (Å²) in [6.45, 7) is 4.30. The van der Waals surface area contributed by atoms with Crippen molar-refractivity contribution in [3.63, 3.8) is 0 Å². The highest BCUT2D eigenvalue weighted by Crippen LogP contribution is 2.28. The highest BCUT2D eigenvalue weighted by molar-refractivity contribution is 5.20. The van der Waals surface area contributed by atoms with Gasteiger partial charge in [0.1, 0.15) is 5.82 Å². The van der Waals surface area contributed by atoms with Gasteiger partial charge in [-0.25, -0.2) is 4.39 Å². The molecule has 1 aromatic carbocycles. The van der Waals surface area contributed by atoms with Gasteiger partial charge in [0.25, 0.3) is 0 Å². The van der Waals surface area contributed by atoms with Gasteiger partial charge in [-0.1, -0.05) is 37.5 Å². The molecule has 2 atom stereocenters. The molecule has 2 heteroatoms. The quantitative estimate of drug-likeness (QED) is 0.831. The van der Waals surface area contributed by atoms with Crippen molar-refractivity contribution in [3.05, 3.63) is 35.6 Å². The van der Waals surface area contributed by atoms with Gasteiger partial charge in [0.05, 0.1) is 0 Å². The summed E-state index contributed by atoms with van der Waals surface area (Å²) in [5, 5.41) is 3.57. The summed E-state index contributed by atoms with van der Waals surface area (Å²) < 4.78 is 13.7. The van der Waals surface area contributed by atoms with E-state index in [1.807, 2.05) is 12.1 Å². The molecule has 0 spiro atoms. The van der Waals surface area contributed by atoms with Crippen LogP contribution in [-0.4, -0.2) is 6.04 Å². The lowest BCUT2D eigenvalue weighted by atomic mass is 9.84. The average molecular weight is 249 g/mol. The third-order valence-corrected chi connectivity index (χ3v) is 4.24. The van der Waals surface area contributed by atoms with E-state index in [0.717, 1.165) is 11.5 Å². The number of nitrogens with one attached hydrogen (secondary N) is 1. The van der Waals surface area contributed by atoms with Crippen LogP contribution in [0, 0.1) is 11.7 Å². The molecule has 1 aliphatic rings. The average Bonchev–Trinajstić information content (AvgIpc) is 2.40. The summed E-state index contributed by atoms with van der Waals surface area (Å²) >= 11 is 0. The van der Waals surface area contributed by atoms with Crippen LogP contribution < -0.4 is 5.32 Å². The molecular formula is C16H24FN. The smallest absolute Gasteiger partial charge is 0.127 e. The van der Waals surface area contributed by atoms with Crippen LogP contribution >= 0.6 is 0 Å². The normalized spacial score (nSPS) is 20.6. The second kappa shape index (κ2) is 6.33. The molecule has 2 rings (SSSR count). The van der Waals surface area contributed by atoms with E-state index in [9.17, 15) is 4.39 Å². The van der Waals surface area contributed by atoms with Crippen molar-refractivity contribution < 1.29 is 4.39 Å². The molecule has 0 bridgehead atoms. The maximum Gasteiger partial charge on any atom is 0.127 e. The zero-order chi connectivity index (χ0) is 13.0. The van der Waals surface area contributed by atoms with Gasteiger partial charge in [-0.15, -0.1) is 0 Å². The van der Waals surface area contributed by atoms with Gasteiger partial charge in [-0.05, 0) is 38.7 Å². The Morgan fingerprint density at radius 3 is 2.44 bits per heavy atom. The van der Waals surface area contributed by atoms with E-state index >= 15 is 0 Å². The van der Waals surface area contributed by atoms with E-state index in [-0.39, 0.29) is 11.9 Å². The van der Waals surface area contributed by atoms with E-state index in [0.29, 0.717) is 6.04 Å². The second-order valence-electron chi connectivity index (χ2n) is 5.60. The third-order valence-electron chi connectivity index (χ3n) is 4.24. The summed E-state index contributed by atoms with van der Waals surface area (Å²) in [5.41, 5.74) is 0.778. The van der Waals surface area contributed by atoms with Crippen molar-refractivity contribution in [2.24, 2.45) is 5.92 Å². The van der Waals surface area contributed by atoms with Crippen LogP contribution in [0.25, 0.3) is 0 Å². The summed E-state index contributed by atoms with van der Waals surface area (Å²) in [7, 11) is 0. The van der Waals surface area contributed by atoms with Gasteiger partial charge in [-0.2, -0.15) is 0 Å². The van der Waals surface area contributed by atoms with Gasteiger partial charge < -0.3 is 5.32 Å². The minimum absolute atomic E-state index is 0.0862. The zero-order valence-corrected chi connectivity index (χ0v) is 11.5. The molecule has 0 amide bonds. The molecule has 1 N–H and O–H groups in total. The van der Waals surface area contributed by atoms with E-state index in [1.54, 1.807) is 12.1 Å². The summed E-state index contributed by atoms with van der Waals surface area (Å²) in [6, 6.07) is 7.63. The van der Waals surface area contributed by atoms with Crippen molar-refractivity contribution in [2.45, 2.75) is 58.0 Å². The summed E-state index contributed by atoms with van der Waals surface area (Å²) in [4.78, 5) is 0. The topological polar surface area (TPSA) is 12.0 Å². The molecule has 1 saturated carbocycles. The Hall–Kier alpha value is -0.890. The van der Waals surface area contributed by atoms with Crippen molar-refractivity contribution >= 4 is 0 Å². The Kier molecular flexibility index (Phi) is 4.76. The molecular weight excluding hydrogens is 225 g/mol. The SMILES string of the molecule is CC(NC(C)C1CCCCC1)c1ccccc1F. The van der Waals surface area contributed by atoms with Gasteiger partial charge in [0.2, 0.25) is 0 Å². The van der Waals surface area contributed by atoms with Gasteiger partial charge in [0.15, 0.2) is 0 Å². The minimum atomic E-state index is -0.103. The number of hydrogen-bond donors (Lipinski definition) is 1. The second-order valence-corrected chi connectivity index (χ2v) is 5.60. The van der Waals surface area contributed by atoms with E-state index in [2.05, 4.69) is 19.2 Å². The van der Waals surface area contributed by atoms with Crippen LogP contribution in [0.1, 0.15) is 57.6 Å². The Balaban J connectivity index is 1.94. The maximum atomic E-state index is 13.7. The van der Waals surface area contributed by atoms with Crippen LogP contribution in [0.15, 0.2) is 24.3 Å². The lowest BCUT2D eigenvalue weighted by Gasteiger charge is -2.31. The predicted molar refractivity (Wildman–Crippen MR) is 74.0 cm³/mol. The number of rotatable bonds is 4. The molecule has 1 nitrogen and oxygen atoms in total. The summed E-state index contributed by atoms with van der Waals surface area (Å²) in [6.07, 6.45) is 6.72. The number of benzene rings is 1. The maximum absolute atomic E-state index is 13.7. The fourth-order valence-corrected chi connectivity index (χ4v) is 3.08. The Labute approximate surface area is 110 Å². The summed E-state index contributed by atoms with van der Waals surface area (Å²) in [5.74, 6) is 0.654. The first-order chi connectivity index (χ1) is 8.68. The molecule has 0 radical (unpaired) electrons. The van der Waals surface area contributed by atoms with Crippen molar-refractivity contribution in [2.75, 3.05) is 0 Å². The molecule has 18 heavy (non-hydrogen) atoms. The molecule has 0 saturated heterocycles. The lowest BCUT2D eigenvalue weighted by Crippen LogP contribution is -2.36. The largest absolute Gasteiger partial charge is 0.307 e. The highest BCUT2D eigenvalue weighted by Gasteiger charge is 2.22.